The highest BCUT2D eigenvalue weighted by atomic mass is 16.3. The predicted octanol–water partition coefficient (Wildman–Crippen LogP) is 3.34. The molecule has 4 heterocycles. The largest absolute Gasteiger partial charge is 0.506 e. The highest BCUT2D eigenvalue weighted by Gasteiger charge is 2.45. The average Bonchev–Trinajstić information content (AvgIpc) is 2.74. The summed E-state index contributed by atoms with van der Waals surface area (Å²) in [6.07, 6.45) is 9.12. The van der Waals surface area contributed by atoms with Gasteiger partial charge in [0.15, 0.2) is 0 Å². The minimum absolute atomic E-state index is 0.00759. The fourth-order valence-electron chi connectivity index (χ4n) is 5.91. The van der Waals surface area contributed by atoms with E-state index in [0.717, 1.165) is 26.1 Å². The normalized spacial score (nSPS) is 29.3. The third-order valence-corrected chi connectivity index (χ3v) is 7.09. The number of likely N-dealkylation sites (tertiary alicyclic amines) is 1. The zero-order valence-electron chi connectivity index (χ0n) is 16.8. The summed E-state index contributed by atoms with van der Waals surface area (Å²) >= 11 is 0. The lowest BCUT2D eigenvalue weighted by atomic mass is 9.74. The van der Waals surface area contributed by atoms with E-state index in [4.69, 9.17) is 0 Å². The number of benzene rings is 1. The van der Waals surface area contributed by atoms with Gasteiger partial charge >= 0.3 is 0 Å². The summed E-state index contributed by atoms with van der Waals surface area (Å²) in [5.41, 5.74) is 1.93. The maximum Gasteiger partial charge on any atom is 0.255 e. The molecular formula is C24H29N3O2. The fourth-order valence-corrected chi connectivity index (χ4v) is 5.91. The Bertz CT molecular complexity index is 871. The Labute approximate surface area is 172 Å². The molecule has 0 spiro atoms. The zero-order valence-corrected chi connectivity index (χ0v) is 16.8. The third kappa shape index (κ3) is 3.76. The van der Waals surface area contributed by atoms with Crippen LogP contribution in [-0.2, 0) is 6.42 Å². The van der Waals surface area contributed by atoms with Gasteiger partial charge in [-0.05, 0) is 49.1 Å². The van der Waals surface area contributed by atoms with Gasteiger partial charge in [-0.25, -0.2) is 0 Å². The highest BCUT2D eigenvalue weighted by Crippen LogP contribution is 2.40. The van der Waals surface area contributed by atoms with Crippen molar-refractivity contribution >= 4 is 5.91 Å². The second kappa shape index (κ2) is 7.79. The van der Waals surface area contributed by atoms with Gasteiger partial charge in [0.2, 0.25) is 0 Å². The molecule has 29 heavy (non-hydrogen) atoms. The van der Waals surface area contributed by atoms with Gasteiger partial charge < -0.3 is 10.0 Å². The molecule has 1 N–H and O–H groups in total. The number of rotatable bonds is 3. The van der Waals surface area contributed by atoms with E-state index < -0.39 is 0 Å². The Kier molecular flexibility index (Phi) is 5.00. The van der Waals surface area contributed by atoms with Crippen LogP contribution < -0.4 is 0 Å². The molecule has 0 saturated carbocycles. The van der Waals surface area contributed by atoms with Crippen molar-refractivity contribution in [3.8, 4) is 5.75 Å². The van der Waals surface area contributed by atoms with Crippen LogP contribution in [0.1, 0.15) is 41.6 Å². The molecule has 5 nitrogen and oxygen atoms in total. The fraction of sp³-hybridized carbons (Fsp3) is 0.500. The van der Waals surface area contributed by atoms with Crippen LogP contribution in [0.2, 0.25) is 0 Å². The molecule has 152 valence electrons. The minimum atomic E-state index is 0.00759. The van der Waals surface area contributed by atoms with Crippen LogP contribution >= 0.6 is 0 Å². The molecule has 5 rings (SSSR count). The summed E-state index contributed by atoms with van der Waals surface area (Å²) < 4.78 is 0. The first-order valence-electron chi connectivity index (χ1n) is 10.9. The molecule has 3 aliphatic rings. The van der Waals surface area contributed by atoms with Crippen molar-refractivity contribution in [1.29, 1.82) is 0 Å². The first kappa shape index (κ1) is 18.6. The number of hydrogen-bond acceptors (Lipinski definition) is 4. The van der Waals surface area contributed by atoms with E-state index in [2.05, 4.69) is 40.2 Å². The Morgan fingerprint density at radius 1 is 1.10 bits per heavy atom. The van der Waals surface area contributed by atoms with E-state index in [1.165, 1.54) is 43.5 Å². The molecular weight excluding hydrogens is 362 g/mol. The molecule has 4 atom stereocenters. The SMILES string of the molecule is O=C(c1cncc(O)c1)N1C[C@@H]2C[C@H](C1)[C@@H]1CCC[C@H](Cc3ccccc3)N1C2. The zero-order chi connectivity index (χ0) is 19.8. The topological polar surface area (TPSA) is 56.7 Å². The standard InChI is InChI=1S/C24H29N3O2/c28-22-11-19(12-25-13-22)24(29)26-14-18-9-20(16-26)23-8-4-7-21(27(23)15-18)10-17-5-2-1-3-6-17/h1-3,5-6,11-13,18,20-21,23,28H,4,7-10,14-16H2/t18-,20+,21+,23-/m0/s1. The molecule has 1 amide bonds. The average molecular weight is 392 g/mol. The number of carbonyl (C=O) groups excluding carboxylic acids is 1. The first-order valence-corrected chi connectivity index (χ1v) is 10.9. The Hall–Kier alpha value is -2.40. The van der Waals surface area contributed by atoms with Crippen LogP contribution in [0.15, 0.2) is 48.8 Å². The molecule has 1 aromatic heterocycles. The summed E-state index contributed by atoms with van der Waals surface area (Å²) in [6.45, 7) is 2.73. The molecule has 3 aliphatic heterocycles. The lowest BCUT2D eigenvalue weighted by Crippen LogP contribution is -2.62. The van der Waals surface area contributed by atoms with Gasteiger partial charge in [0.1, 0.15) is 5.75 Å². The van der Waals surface area contributed by atoms with Gasteiger partial charge in [-0.1, -0.05) is 36.8 Å². The highest BCUT2D eigenvalue weighted by molar-refractivity contribution is 5.94. The van der Waals surface area contributed by atoms with Crippen molar-refractivity contribution < 1.29 is 9.90 Å². The van der Waals surface area contributed by atoms with Gasteiger partial charge in [-0.3, -0.25) is 14.7 Å². The Morgan fingerprint density at radius 2 is 1.97 bits per heavy atom. The second-order valence-corrected chi connectivity index (χ2v) is 9.04. The van der Waals surface area contributed by atoms with Crippen LogP contribution in [0.3, 0.4) is 0 Å². The third-order valence-electron chi connectivity index (χ3n) is 7.09. The number of piperidine rings is 3. The van der Waals surface area contributed by atoms with Gasteiger partial charge in [0.25, 0.3) is 5.91 Å². The number of fused-ring (bicyclic) bond motifs is 4. The summed E-state index contributed by atoms with van der Waals surface area (Å²) in [5.74, 6) is 1.15. The lowest BCUT2D eigenvalue weighted by molar-refractivity contribution is -0.0499. The van der Waals surface area contributed by atoms with Gasteiger partial charge in [-0.2, -0.15) is 0 Å². The number of amides is 1. The van der Waals surface area contributed by atoms with Gasteiger partial charge in [0, 0.05) is 37.9 Å². The summed E-state index contributed by atoms with van der Waals surface area (Å²) in [5, 5.41) is 9.69. The molecule has 0 aliphatic carbocycles. The van der Waals surface area contributed by atoms with Crippen LogP contribution in [0.5, 0.6) is 5.75 Å². The lowest BCUT2D eigenvalue weighted by Gasteiger charge is -2.55. The van der Waals surface area contributed by atoms with E-state index in [9.17, 15) is 9.90 Å². The van der Waals surface area contributed by atoms with E-state index in [0.29, 0.717) is 29.5 Å². The number of aromatic hydroxyl groups is 1. The van der Waals surface area contributed by atoms with Crippen molar-refractivity contribution in [2.75, 3.05) is 19.6 Å². The summed E-state index contributed by atoms with van der Waals surface area (Å²) in [7, 11) is 0. The molecule has 0 radical (unpaired) electrons. The van der Waals surface area contributed by atoms with Crippen molar-refractivity contribution in [2.24, 2.45) is 11.8 Å². The van der Waals surface area contributed by atoms with Crippen LogP contribution in [0.4, 0.5) is 0 Å². The second-order valence-electron chi connectivity index (χ2n) is 9.04. The van der Waals surface area contributed by atoms with Gasteiger partial charge in [-0.15, -0.1) is 0 Å². The number of pyridine rings is 1. The van der Waals surface area contributed by atoms with E-state index in [1.54, 1.807) is 6.20 Å². The monoisotopic (exact) mass is 391 g/mol. The minimum Gasteiger partial charge on any atom is -0.506 e. The number of nitrogens with zero attached hydrogens (tertiary/aromatic N) is 3. The van der Waals surface area contributed by atoms with Crippen molar-refractivity contribution in [3.05, 3.63) is 59.9 Å². The summed E-state index contributed by atoms with van der Waals surface area (Å²) in [4.78, 5) is 21.8. The smallest absolute Gasteiger partial charge is 0.255 e. The quantitative estimate of drug-likeness (QED) is 0.872. The van der Waals surface area contributed by atoms with E-state index in [1.807, 2.05) is 4.90 Å². The number of carbonyl (C=O) groups is 1. The van der Waals surface area contributed by atoms with E-state index >= 15 is 0 Å². The predicted molar refractivity (Wildman–Crippen MR) is 112 cm³/mol. The molecule has 0 unspecified atom stereocenters. The molecule has 1 aromatic carbocycles. The van der Waals surface area contributed by atoms with Crippen molar-refractivity contribution in [3.63, 3.8) is 0 Å². The molecule has 2 bridgehead atoms. The maximum absolute atomic E-state index is 13.0. The Balaban J connectivity index is 1.31. The Morgan fingerprint density at radius 3 is 2.79 bits per heavy atom. The first-order chi connectivity index (χ1) is 14.2. The van der Waals surface area contributed by atoms with Crippen LogP contribution in [0.25, 0.3) is 0 Å². The maximum atomic E-state index is 13.0. The number of hydrogen-bond donors (Lipinski definition) is 1. The van der Waals surface area contributed by atoms with Crippen molar-refractivity contribution in [2.45, 2.75) is 44.2 Å². The molecule has 2 aromatic rings. The molecule has 3 saturated heterocycles. The molecule has 3 fully saturated rings. The van der Waals surface area contributed by atoms with Gasteiger partial charge in [0.05, 0.1) is 11.8 Å². The number of aromatic nitrogens is 1. The van der Waals surface area contributed by atoms with E-state index in [-0.39, 0.29) is 11.7 Å². The molecule has 5 heteroatoms. The van der Waals surface area contributed by atoms with Crippen molar-refractivity contribution in [1.82, 2.24) is 14.8 Å². The van der Waals surface area contributed by atoms with Crippen LogP contribution in [-0.4, -0.2) is 57.5 Å². The summed E-state index contributed by atoms with van der Waals surface area (Å²) in [6, 6.07) is 13.6. The van der Waals surface area contributed by atoms with Crippen LogP contribution in [0, 0.1) is 11.8 Å².